The third kappa shape index (κ3) is 2.77. The number of rotatable bonds is 7. The van der Waals surface area contributed by atoms with Crippen molar-refractivity contribution in [1.29, 1.82) is 0 Å². The Balaban J connectivity index is 2.39. The summed E-state index contributed by atoms with van der Waals surface area (Å²) in [7, 11) is 0. The lowest BCUT2D eigenvalue weighted by atomic mass is 10.2. The highest BCUT2D eigenvalue weighted by Crippen LogP contribution is 2.26. The Kier molecular flexibility index (Phi) is 4.82. The number of fused-ring (bicyclic) bond motifs is 1. The predicted molar refractivity (Wildman–Crippen MR) is 83.0 cm³/mol. The summed E-state index contributed by atoms with van der Waals surface area (Å²) in [5.74, 6) is 1.08. The summed E-state index contributed by atoms with van der Waals surface area (Å²) in [6.45, 7) is 8.31. The molecule has 5 heteroatoms. The number of hydrogen-bond acceptors (Lipinski definition) is 4. The number of hydrogen-bond donors (Lipinski definition) is 1. The Morgan fingerprint density at radius 1 is 1.47 bits per heavy atom. The lowest BCUT2D eigenvalue weighted by molar-refractivity contribution is 0.588. The first-order valence-corrected chi connectivity index (χ1v) is 8.02. The van der Waals surface area contributed by atoms with E-state index in [9.17, 15) is 0 Å². The summed E-state index contributed by atoms with van der Waals surface area (Å²) in [5, 5.41) is 2.06. The zero-order valence-electron chi connectivity index (χ0n) is 12.1. The highest BCUT2D eigenvalue weighted by Gasteiger charge is 2.21. The Morgan fingerprint density at radius 2 is 2.26 bits per heavy atom. The Hall–Kier alpha value is -1.07. The number of anilines is 1. The van der Waals surface area contributed by atoms with Gasteiger partial charge in [-0.1, -0.05) is 20.3 Å². The third-order valence-electron chi connectivity index (χ3n) is 3.68. The molecule has 0 radical (unpaired) electrons. The fraction of sp³-hybridized carbons (Fsp3) is 0.643. The summed E-state index contributed by atoms with van der Waals surface area (Å²) < 4.78 is 2.13. The summed E-state index contributed by atoms with van der Waals surface area (Å²) in [5.41, 5.74) is 7.08. The van der Waals surface area contributed by atoms with E-state index in [1.807, 2.05) is 0 Å². The van der Waals surface area contributed by atoms with Crippen molar-refractivity contribution in [1.82, 2.24) is 9.38 Å². The molecule has 1 atom stereocenters. The van der Waals surface area contributed by atoms with Gasteiger partial charge in [-0.25, -0.2) is 4.98 Å². The molecule has 1 unspecified atom stereocenters. The molecule has 0 aliphatic heterocycles. The first-order valence-electron chi connectivity index (χ1n) is 7.14. The lowest BCUT2D eigenvalue weighted by Crippen LogP contribution is -2.34. The van der Waals surface area contributed by atoms with Gasteiger partial charge in [-0.3, -0.25) is 4.40 Å². The maximum atomic E-state index is 5.95. The van der Waals surface area contributed by atoms with Gasteiger partial charge in [-0.05, 0) is 19.8 Å². The molecular formula is C14H24N4S. The van der Waals surface area contributed by atoms with Crippen molar-refractivity contribution in [3.05, 3.63) is 17.3 Å². The van der Waals surface area contributed by atoms with Crippen LogP contribution in [0.1, 0.15) is 45.7 Å². The molecule has 2 rings (SSSR count). The van der Waals surface area contributed by atoms with Gasteiger partial charge in [0, 0.05) is 30.7 Å². The van der Waals surface area contributed by atoms with Crippen molar-refractivity contribution in [3.8, 4) is 0 Å². The first kappa shape index (κ1) is 14.3. The van der Waals surface area contributed by atoms with Crippen molar-refractivity contribution < 1.29 is 0 Å². The molecule has 0 aromatic carbocycles. The minimum absolute atomic E-state index is 0.501. The summed E-state index contributed by atoms with van der Waals surface area (Å²) in [6, 6.07) is 0.501. The van der Waals surface area contributed by atoms with Crippen molar-refractivity contribution in [2.45, 2.75) is 52.6 Å². The van der Waals surface area contributed by atoms with Crippen LogP contribution >= 0.6 is 11.3 Å². The maximum Gasteiger partial charge on any atom is 0.195 e. The molecule has 2 aromatic heterocycles. The molecule has 0 saturated carbocycles. The van der Waals surface area contributed by atoms with Gasteiger partial charge >= 0.3 is 0 Å². The zero-order valence-corrected chi connectivity index (χ0v) is 12.9. The molecule has 0 fully saturated rings. The van der Waals surface area contributed by atoms with Crippen LogP contribution in [-0.4, -0.2) is 22.0 Å². The summed E-state index contributed by atoms with van der Waals surface area (Å²) >= 11 is 1.67. The molecule has 0 amide bonds. The molecule has 0 aliphatic rings. The standard InChI is InChI=1S/C14H24N4S/c1-4-6-7-17(11(3)5-2)13-12(10-15)18-8-9-19-14(18)16-13/h8-9,11H,4-7,10,15H2,1-3H3. The number of imidazole rings is 1. The molecule has 2 heterocycles. The molecule has 0 spiro atoms. The molecule has 0 aliphatic carbocycles. The first-order chi connectivity index (χ1) is 9.22. The number of nitrogens with zero attached hydrogens (tertiary/aromatic N) is 3. The van der Waals surface area contributed by atoms with Crippen LogP contribution in [0.15, 0.2) is 11.6 Å². The van der Waals surface area contributed by atoms with Crippen LogP contribution in [0.5, 0.6) is 0 Å². The fourth-order valence-electron chi connectivity index (χ4n) is 2.32. The minimum atomic E-state index is 0.501. The average molecular weight is 280 g/mol. The molecule has 4 nitrogen and oxygen atoms in total. The van der Waals surface area contributed by atoms with Crippen LogP contribution in [0.3, 0.4) is 0 Å². The van der Waals surface area contributed by atoms with E-state index in [0.717, 1.165) is 29.4 Å². The van der Waals surface area contributed by atoms with E-state index in [4.69, 9.17) is 10.7 Å². The van der Waals surface area contributed by atoms with E-state index in [1.165, 1.54) is 12.8 Å². The Labute approximate surface area is 119 Å². The number of aromatic nitrogens is 2. The topological polar surface area (TPSA) is 46.6 Å². The SMILES string of the molecule is CCCCN(c1nc2sccn2c1CN)C(C)CC. The van der Waals surface area contributed by atoms with Crippen LogP contribution < -0.4 is 10.6 Å². The number of thiazole rings is 1. The molecule has 106 valence electrons. The fourth-order valence-corrected chi connectivity index (χ4v) is 3.05. The molecule has 19 heavy (non-hydrogen) atoms. The van der Waals surface area contributed by atoms with Gasteiger partial charge in [0.25, 0.3) is 0 Å². The normalized spacial score (nSPS) is 13.1. The van der Waals surface area contributed by atoms with Crippen molar-refractivity contribution in [2.24, 2.45) is 5.73 Å². The zero-order chi connectivity index (χ0) is 13.8. The highest BCUT2D eigenvalue weighted by molar-refractivity contribution is 7.15. The van der Waals surface area contributed by atoms with Crippen LogP contribution in [0, 0.1) is 0 Å². The molecule has 0 bridgehead atoms. The Bertz CT molecular complexity index is 516. The van der Waals surface area contributed by atoms with Gasteiger partial charge in [0.05, 0.1) is 5.69 Å². The largest absolute Gasteiger partial charge is 0.352 e. The van der Waals surface area contributed by atoms with Gasteiger partial charge in [0.1, 0.15) is 0 Å². The quantitative estimate of drug-likeness (QED) is 0.847. The Morgan fingerprint density at radius 3 is 2.89 bits per heavy atom. The molecule has 0 saturated heterocycles. The van der Waals surface area contributed by atoms with E-state index < -0.39 is 0 Å². The highest BCUT2D eigenvalue weighted by atomic mass is 32.1. The molecule has 2 aromatic rings. The average Bonchev–Trinajstić information content (AvgIpc) is 2.99. The maximum absolute atomic E-state index is 5.95. The minimum Gasteiger partial charge on any atom is -0.352 e. The second kappa shape index (κ2) is 6.39. The number of nitrogens with two attached hydrogens (primary N) is 1. The van der Waals surface area contributed by atoms with Crippen LogP contribution in [0.2, 0.25) is 0 Å². The second-order valence-electron chi connectivity index (χ2n) is 4.95. The van der Waals surface area contributed by atoms with Crippen LogP contribution in [0.25, 0.3) is 4.96 Å². The van der Waals surface area contributed by atoms with Crippen molar-refractivity contribution in [3.63, 3.8) is 0 Å². The predicted octanol–water partition coefficient (Wildman–Crippen LogP) is 3.26. The van der Waals surface area contributed by atoms with Crippen molar-refractivity contribution in [2.75, 3.05) is 11.4 Å². The van der Waals surface area contributed by atoms with Crippen LogP contribution in [0.4, 0.5) is 5.82 Å². The third-order valence-corrected chi connectivity index (χ3v) is 4.44. The van der Waals surface area contributed by atoms with E-state index in [2.05, 4.69) is 41.6 Å². The molecular weight excluding hydrogens is 256 g/mol. The summed E-state index contributed by atoms with van der Waals surface area (Å²) in [4.78, 5) is 8.26. The van der Waals surface area contributed by atoms with E-state index in [-0.39, 0.29) is 0 Å². The lowest BCUT2D eigenvalue weighted by Gasteiger charge is -2.29. The van der Waals surface area contributed by atoms with Gasteiger partial charge in [-0.2, -0.15) is 0 Å². The second-order valence-corrected chi connectivity index (χ2v) is 5.82. The van der Waals surface area contributed by atoms with Crippen LogP contribution in [-0.2, 0) is 6.54 Å². The molecule has 2 N–H and O–H groups in total. The van der Waals surface area contributed by atoms with Gasteiger partial charge in [0.2, 0.25) is 0 Å². The van der Waals surface area contributed by atoms with Gasteiger partial charge < -0.3 is 10.6 Å². The monoisotopic (exact) mass is 280 g/mol. The van der Waals surface area contributed by atoms with E-state index in [0.29, 0.717) is 12.6 Å². The van der Waals surface area contributed by atoms with E-state index in [1.54, 1.807) is 11.3 Å². The smallest absolute Gasteiger partial charge is 0.195 e. The van der Waals surface area contributed by atoms with Gasteiger partial charge in [-0.15, -0.1) is 11.3 Å². The van der Waals surface area contributed by atoms with Gasteiger partial charge in [0.15, 0.2) is 10.8 Å². The number of unbranched alkanes of at least 4 members (excludes halogenated alkanes) is 1. The summed E-state index contributed by atoms with van der Waals surface area (Å²) in [6.07, 6.45) is 5.58. The van der Waals surface area contributed by atoms with E-state index >= 15 is 0 Å². The van der Waals surface area contributed by atoms with Crippen molar-refractivity contribution >= 4 is 22.1 Å².